The van der Waals surface area contributed by atoms with E-state index in [0.29, 0.717) is 0 Å². The first kappa shape index (κ1) is 9.58. The summed E-state index contributed by atoms with van der Waals surface area (Å²) in [4.78, 5) is 14.3. The number of pyridine rings is 1. The number of fused-ring (bicyclic) bond motifs is 1. The zero-order valence-corrected chi connectivity index (χ0v) is 8.16. The molecule has 0 fully saturated rings. The summed E-state index contributed by atoms with van der Waals surface area (Å²) in [5.74, 6) is 0. The third kappa shape index (κ3) is 1.64. The first-order valence-electron chi connectivity index (χ1n) is 4.42. The fourth-order valence-electron chi connectivity index (χ4n) is 1.15. The van der Waals surface area contributed by atoms with E-state index >= 15 is 0 Å². The number of hydrogen-bond donors (Lipinski definition) is 1. The molecular formula is C10H14N2O. The molecule has 0 aromatic carbocycles. The van der Waals surface area contributed by atoms with Crippen molar-refractivity contribution in [2.75, 3.05) is 0 Å². The molecule has 0 unspecified atom stereocenters. The lowest BCUT2D eigenvalue weighted by Crippen LogP contribution is -2.14. The van der Waals surface area contributed by atoms with Crippen molar-refractivity contribution < 1.29 is 0 Å². The van der Waals surface area contributed by atoms with Gasteiger partial charge in [-0.2, -0.15) is 0 Å². The van der Waals surface area contributed by atoms with Gasteiger partial charge in [-0.3, -0.25) is 4.79 Å². The van der Waals surface area contributed by atoms with Crippen LogP contribution in [0.5, 0.6) is 0 Å². The average Bonchev–Trinajstić information content (AvgIpc) is 2.63. The number of H-pyrrole nitrogens is 1. The fraction of sp³-hybridized carbons (Fsp3) is 0.300. The first-order valence-corrected chi connectivity index (χ1v) is 4.42. The highest BCUT2D eigenvalue weighted by molar-refractivity contribution is 5.77. The summed E-state index contributed by atoms with van der Waals surface area (Å²) in [7, 11) is 1.74. The van der Waals surface area contributed by atoms with Crippen molar-refractivity contribution in [2.45, 2.75) is 13.8 Å². The molecular weight excluding hydrogens is 164 g/mol. The molecule has 2 aromatic rings. The summed E-state index contributed by atoms with van der Waals surface area (Å²) in [6.07, 6.45) is 3.52. The smallest absolute Gasteiger partial charge is 0.259 e. The van der Waals surface area contributed by atoms with E-state index in [1.54, 1.807) is 30.1 Å². The number of nitrogens with zero attached hydrogens (tertiary/aromatic N) is 1. The lowest BCUT2D eigenvalue weighted by molar-refractivity contribution is 0.873. The maximum atomic E-state index is 11.3. The molecule has 0 bridgehead atoms. The fourth-order valence-corrected chi connectivity index (χ4v) is 1.15. The van der Waals surface area contributed by atoms with Crippen LogP contribution in [0, 0.1) is 0 Å². The average molecular weight is 178 g/mol. The number of nitrogens with one attached hydrogen (secondary N) is 1. The molecule has 1 N–H and O–H groups in total. The standard InChI is InChI=1S/C8H8N2O.C2H6/c1-10-5-3-7-6(8(10)11)2-4-9-7;1-2/h2-5,9H,1H3;1-2H3. The Hall–Kier alpha value is -1.51. The normalized spacial score (nSPS) is 9.46. The van der Waals surface area contributed by atoms with Gasteiger partial charge in [0.2, 0.25) is 0 Å². The molecule has 0 aliphatic carbocycles. The van der Waals surface area contributed by atoms with Crippen LogP contribution in [0.4, 0.5) is 0 Å². The van der Waals surface area contributed by atoms with Crippen molar-refractivity contribution in [1.29, 1.82) is 0 Å². The second-order valence-electron chi connectivity index (χ2n) is 2.54. The summed E-state index contributed by atoms with van der Waals surface area (Å²) in [6, 6.07) is 3.68. The zero-order chi connectivity index (χ0) is 9.84. The van der Waals surface area contributed by atoms with Gasteiger partial charge in [0.25, 0.3) is 5.56 Å². The zero-order valence-electron chi connectivity index (χ0n) is 8.16. The molecule has 13 heavy (non-hydrogen) atoms. The Bertz CT molecular complexity index is 439. The molecule has 2 heterocycles. The molecule has 3 heteroatoms. The minimum atomic E-state index is 0.0451. The van der Waals surface area contributed by atoms with Crippen LogP contribution in [0.15, 0.2) is 29.3 Å². The van der Waals surface area contributed by atoms with Gasteiger partial charge in [-0.25, -0.2) is 0 Å². The van der Waals surface area contributed by atoms with Crippen LogP contribution in [0.2, 0.25) is 0 Å². The van der Waals surface area contributed by atoms with Crippen molar-refractivity contribution in [2.24, 2.45) is 7.05 Å². The predicted molar refractivity (Wildman–Crippen MR) is 54.9 cm³/mol. The summed E-state index contributed by atoms with van der Waals surface area (Å²) < 4.78 is 1.57. The minimum Gasteiger partial charge on any atom is -0.361 e. The number of rotatable bonds is 0. The van der Waals surface area contributed by atoms with Crippen molar-refractivity contribution in [3.63, 3.8) is 0 Å². The molecule has 0 saturated heterocycles. The number of hydrogen-bond acceptors (Lipinski definition) is 1. The van der Waals surface area contributed by atoms with Crippen LogP contribution in [0.25, 0.3) is 10.9 Å². The highest BCUT2D eigenvalue weighted by Gasteiger charge is 1.98. The number of aryl methyl sites for hydroxylation is 1. The van der Waals surface area contributed by atoms with Gasteiger partial charge in [0.05, 0.1) is 10.9 Å². The van der Waals surface area contributed by atoms with Gasteiger partial charge < -0.3 is 9.55 Å². The number of aromatic nitrogens is 2. The number of aromatic amines is 1. The van der Waals surface area contributed by atoms with E-state index in [1.165, 1.54) is 0 Å². The van der Waals surface area contributed by atoms with E-state index in [4.69, 9.17) is 0 Å². The van der Waals surface area contributed by atoms with Crippen molar-refractivity contribution >= 4 is 10.9 Å². The lowest BCUT2D eigenvalue weighted by Gasteiger charge is -1.94. The van der Waals surface area contributed by atoms with Gasteiger partial charge in [-0.1, -0.05) is 13.8 Å². The minimum absolute atomic E-state index is 0.0451. The summed E-state index contributed by atoms with van der Waals surface area (Å²) >= 11 is 0. The van der Waals surface area contributed by atoms with E-state index in [1.807, 2.05) is 19.9 Å². The molecule has 0 saturated carbocycles. The molecule has 0 amide bonds. The lowest BCUT2D eigenvalue weighted by atomic mass is 10.3. The summed E-state index contributed by atoms with van der Waals surface area (Å²) in [5.41, 5.74) is 0.942. The van der Waals surface area contributed by atoms with Crippen LogP contribution >= 0.6 is 0 Å². The van der Waals surface area contributed by atoms with E-state index in [9.17, 15) is 4.79 Å². The first-order chi connectivity index (χ1) is 6.29. The Morgan fingerprint density at radius 1 is 1.31 bits per heavy atom. The van der Waals surface area contributed by atoms with Crippen LogP contribution in [-0.2, 0) is 7.05 Å². The Balaban J connectivity index is 0.000000396. The Labute approximate surface area is 77.0 Å². The quantitative estimate of drug-likeness (QED) is 0.657. The molecule has 2 rings (SSSR count). The Morgan fingerprint density at radius 2 is 2.00 bits per heavy atom. The van der Waals surface area contributed by atoms with Crippen LogP contribution in [0.3, 0.4) is 0 Å². The second-order valence-corrected chi connectivity index (χ2v) is 2.54. The van der Waals surface area contributed by atoms with Crippen molar-refractivity contribution in [3.05, 3.63) is 34.9 Å². The maximum absolute atomic E-state index is 11.3. The van der Waals surface area contributed by atoms with Crippen molar-refractivity contribution in [3.8, 4) is 0 Å². The van der Waals surface area contributed by atoms with E-state index in [2.05, 4.69) is 4.98 Å². The van der Waals surface area contributed by atoms with Gasteiger partial charge in [0.15, 0.2) is 0 Å². The van der Waals surface area contributed by atoms with Gasteiger partial charge in [-0.15, -0.1) is 0 Å². The van der Waals surface area contributed by atoms with Crippen LogP contribution in [0.1, 0.15) is 13.8 Å². The maximum Gasteiger partial charge on any atom is 0.259 e. The molecule has 0 aliphatic heterocycles. The Morgan fingerprint density at radius 3 is 2.69 bits per heavy atom. The highest BCUT2D eigenvalue weighted by Crippen LogP contribution is 2.04. The molecule has 0 atom stereocenters. The van der Waals surface area contributed by atoms with Gasteiger partial charge in [-0.05, 0) is 12.1 Å². The SMILES string of the molecule is CC.Cn1ccc2[nH]ccc2c1=O. The van der Waals surface area contributed by atoms with Gasteiger partial charge in [0.1, 0.15) is 0 Å². The third-order valence-corrected chi connectivity index (χ3v) is 1.79. The molecule has 0 spiro atoms. The molecule has 0 aliphatic rings. The van der Waals surface area contributed by atoms with Crippen LogP contribution in [-0.4, -0.2) is 9.55 Å². The Kier molecular flexibility index (Phi) is 2.90. The molecule has 2 aromatic heterocycles. The topological polar surface area (TPSA) is 37.8 Å². The van der Waals surface area contributed by atoms with E-state index in [-0.39, 0.29) is 5.56 Å². The third-order valence-electron chi connectivity index (χ3n) is 1.79. The largest absolute Gasteiger partial charge is 0.361 e. The molecule has 70 valence electrons. The van der Waals surface area contributed by atoms with Gasteiger partial charge >= 0.3 is 0 Å². The second kappa shape index (κ2) is 3.94. The summed E-state index contributed by atoms with van der Waals surface area (Å²) in [6.45, 7) is 4.00. The van der Waals surface area contributed by atoms with Crippen LogP contribution < -0.4 is 5.56 Å². The van der Waals surface area contributed by atoms with E-state index in [0.717, 1.165) is 10.9 Å². The molecule has 0 radical (unpaired) electrons. The highest BCUT2D eigenvalue weighted by atomic mass is 16.1. The summed E-state index contributed by atoms with van der Waals surface area (Å²) in [5, 5.41) is 0.745. The predicted octanol–water partition coefficient (Wildman–Crippen LogP) is 1.89. The molecule has 3 nitrogen and oxygen atoms in total. The van der Waals surface area contributed by atoms with Gasteiger partial charge in [0, 0.05) is 19.4 Å². The van der Waals surface area contributed by atoms with Crippen molar-refractivity contribution in [1.82, 2.24) is 9.55 Å². The van der Waals surface area contributed by atoms with E-state index < -0.39 is 0 Å². The monoisotopic (exact) mass is 178 g/mol.